The molecule has 0 aliphatic carbocycles. The van der Waals surface area contributed by atoms with Crippen molar-refractivity contribution in [1.29, 1.82) is 0 Å². The van der Waals surface area contributed by atoms with Crippen LogP contribution in [0, 0.1) is 0 Å². The maximum absolute atomic E-state index is 11.4. The van der Waals surface area contributed by atoms with Gasteiger partial charge in [-0.05, 0) is 24.3 Å². The quantitative estimate of drug-likeness (QED) is 0.103. The summed E-state index contributed by atoms with van der Waals surface area (Å²) in [5.74, 6) is -2.19. The molecule has 2 aliphatic rings. The van der Waals surface area contributed by atoms with Gasteiger partial charge in [-0.3, -0.25) is 9.59 Å². The van der Waals surface area contributed by atoms with Gasteiger partial charge in [-0.2, -0.15) is 0 Å². The number of phenols is 2. The molecule has 2 fully saturated rings. The van der Waals surface area contributed by atoms with E-state index >= 15 is 0 Å². The second kappa shape index (κ2) is 14.4. The second-order valence-electron chi connectivity index (χ2n) is 11.2. The summed E-state index contributed by atoms with van der Waals surface area (Å²) in [7, 11) is 0. The van der Waals surface area contributed by atoms with Crippen LogP contribution in [-0.4, -0.2) is 127 Å². The molecule has 8 N–H and O–H groups in total. The summed E-state index contributed by atoms with van der Waals surface area (Å²) >= 11 is 0. The number of hydrogen-bond donors (Lipinski definition) is 8. The van der Waals surface area contributed by atoms with Gasteiger partial charge in [-0.1, -0.05) is 0 Å². The van der Waals surface area contributed by atoms with E-state index in [1.54, 1.807) is 0 Å². The third kappa shape index (κ3) is 7.53. The van der Waals surface area contributed by atoms with Crippen LogP contribution in [0.2, 0.25) is 0 Å². The highest BCUT2D eigenvalue weighted by Gasteiger charge is 2.47. The number of rotatable bonds is 9. The highest BCUT2D eigenvalue weighted by atomic mass is 16.7. The maximum Gasteiger partial charge on any atom is 0.402 e. The van der Waals surface area contributed by atoms with Gasteiger partial charge in [0.25, 0.3) is 0 Å². The number of phenolic OH excluding ortho intramolecular Hbond substituents is 2. The molecule has 0 saturated carbocycles. The smallest absolute Gasteiger partial charge is 0.402 e. The Hall–Kier alpha value is -4.33. The number of carbonyl (C=O) groups excluding carboxylic acids is 2. The van der Waals surface area contributed by atoms with Gasteiger partial charge in [0.05, 0.1) is 11.6 Å². The van der Waals surface area contributed by atoms with Gasteiger partial charge in [-0.25, -0.2) is 4.42 Å². The van der Waals surface area contributed by atoms with Crippen LogP contribution >= 0.6 is 0 Å². The molecular formula is C31H35O17+. The zero-order valence-corrected chi connectivity index (χ0v) is 25.5. The van der Waals surface area contributed by atoms with Crippen LogP contribution in [0.15, 0.2) is 46.9 Å². The number of aliphatic hydroxyl groups excluding tert-OH is 6. The van der Waals surface area contributed by atoms with E-state index < -0.39 is 86.6 Å². The molecule has 260 valence electrons. The molecule has 0 bridgehead atoms. The average molecular weight is 680 g/mol. The largest absolute Gasteiger partial charge is 0.508 e. The molecule has 0 spiro atoms. The summed E-state index contributed by atoms with van der Waals surface area (Å²) in [5, 5.41) is 83.6. The number of benzene rings is 2. The molecule has 2 aromatic carbocycles. The summed E-state index contributed by atoms with van der Waals surface area (Å²) in [6.07, 6.45) is -16.5. The fourth-order valence-corrected chi connectivity index (χ4v) is 5.12. The van der Waals surface area contributed by atoms with Crippen molar-refractivity contribution < 1.29 is 83.3 Å². The van der Waals surface area contributed by atoms with Crippen LogP contribution in [0.5, 0.6) is 23.0 Å². The first kappa shape index (κ1) is 35.0. The van der Waals surface area contributed by atoms with Gasteiger partial charge in [0.2, 0.25) is 18.3 Å². The van der Waals surface area contributed by atoms with Crippen molar-refractivity contribution in [2.24, 2.45) is 0 Å². The Labute approximate surface area is 271 Å². The van der Waals surface area contributed by atoms with E-state index in [1.807, 2.05) is 0 Å². The van der Waals surface area contributed by atoms with Crippen molar-refractivity contribution in [3.05, 3.63) is 42.5 Å². The van der Waals surface area contributed by atoms with Gasteiger partial charge < -0.3 is 69.3 Å². The fraction of sp³-hybridized carbons (Fsp3) is 0.452. The minimum atomic E-state index is -1.82. The van der Waals surface area contributed by atoms with Gasteiger partial charge in [0.15, 0.2) is 0 Å². The Balaban J connectivity index is 1.54. The van der Waals surface area contributed by atoms with Gasteiger partial charge >= 0.3 is 23.3 Å². The summed E-state index contributed by atoms with van der Waals surface area (Å²) in [5.41, 5.74) is 0.311. The lowest BCUT2D eigenvalue weighted by Crippen LogP contribution is -2.60. The molecule has 5 unspecified atom stereocenters. The topological polar surface area (TPSA) is 263 Å². The maximum atomic E-state index is 11.4. The third-order valence-corrected chi connectivity index (χ3v) is 7.65. The normalized spacial score (nSPS) is 30.4. The Kier molecular flexibility index (Phi) is 10.5. The molecule has 2 saturated heterocycles. The van der Waals surface area contributed by atoms with Crippen molar-refractivity contribution in [2.75, 3.05) is 13.2 Å². The Bertz CT molecular complexity index is 1610. The molecule has 10 atom stereocenters. The van der Waals surface area contributed by atoms with Gasteiger partial charge in [-0.15, -0.1) is 0 Å². The van der Waals surface area contributed by atoms with E-state index in [-0.39, 0.29) is 39.7 Å². The van der Waals surface area contributed by atoms with E-state index in [9.17, 15) is 50.4 Å². The van der Waals surface area contributed by atoms with E-state index in [2.05, 4.69) is 0 Å². The number of hydrogen-bond acceptors (Lipinski definition) is 16. The minimum Gasteiger partial charge on any atom is -0.508 e. The molecule has 0 amide bonds. The summed E-state index contributed by atoms with van der Waals surface area (Å²) in [4.78, 5) is 22.7. The zero-order valence-electron chi connectivity index (χ0n) is 25.5. The standard InChI is InChI=1S/C31H34O17/c1-12(32)42-10-21-23(36)25(38)27(40)30(47-21)45-19-8-16(35)7-18-17(19)9-20(29(44-18)14-3-5-15(34)6-4-14)46-31-28(41)26(39)24(37)22(48-31)11-43-13(2)33/h3-9,21-28,30-31,36-41H,10-11H2,1-2H3,(H-,34,35)/p+1/t21?,22?,23-,24-,25+,26?,27?,28?,30-,31-/m1/s1. The number of carbonyl (C=O) groups is 2. The first-order chi connectivity index (χ1) is 22.7. The molecule has 48 heavy (non-hydrogen) atoms. The molecule has 1 aromatic heterocycles. The first-order valence-corrected chi connectivity index (χ1v) is 14.7. The lowest BCUT2D eigenvalue weighted by molar-refractivity contribution is -0.278. The molecule has 0 radical (unpaired) electrons. The molecule has 3 aromatic rings. The first-order valence-electron chi connectivity index (χ1n) is 14.7. The van der Waals surface area contributed by atoms with Crippen molar-refractivity contribution in [2.45, 2.75) is 75.3 Å². The van der Waals surface area contributed by atoms with Crippen molar-refractivity contribution in [3.8, 4) is 34.3 Å². The molecule has 3 heterocycles. The molecule has 17 nitrogen and oxygen atoms in total. The number of esters is 2. The number of ether oxygens (including phenoxy) is 6. The molecule has 5 rings (SSSR count). The highest BCUT2D eigenvalue weighted by Crippen LogP contribution is 2.42. The lowest BCUT2D eigenvalue weighted by atomic mass is 9.99. The van der Waals surface area contributed by atoms with Crippen LogP contribution in [0.3, 0.4) is 0 Å². The second-order valence-corrected chi connectivity index (χ2v) is 11.2. The Morgan fingerprint density at radius 3 is 1.67 bits per heavy atom. The molecule has 17 heteroatoms. The van der Waals surface area contributed by atoms with Crippen LogP contribution in [0.1, 0.15) is 13.8 Å². The highest BCUT2D eigenvalue weighted by molar-refractivity contribution is 5.88. The van der Waals surface area contributed by atoms with Crippen molar-refractivity contribution >= 4 is 22.9 Å². The predicted molar refractivity (Wildman–Crippen MR) is 157 cm³/mol. The SMILES string of the molecule is CC(=O)OCC1O[C@@H](Oc2cc3c(O[C@@H]4OC(COC(C)=O)[C@@H](O)[C@H](O)C4O)cc(O)cc3[o+]c2-c2ccc(O)cc2)C(O)C(O)[C@@H]1O. The van der Waals surface area contributed by atoms with Gasteiger partial charge in [0.1, 0.15) is 84.7 Å². The summed E-state index contributed by atoms with van der Waals surface area (Å²) in [6.45, 7) is 1.30. The molecule has 2 aliphatic heterocycles. The average Bonchev–Trinajstić information content (AvgIpc) is 3.04. The number of fused-ring (bicyclic) bond motifs is 1. The monoisotopic (exact) mass is 679 g/mol. The molecular weight excluding hydrogens is 644 g/mol. The van der Waals surface area contributed by atoms with Crippen LogP contribution in [-0.2, 0) is 28.5 Å². The van der Waals surface area contributed by atoms with Gasteiger partial charge in [0, 0.05) is 26.0 Å². The fourth-order valence-electron chi connectivity index (χ4n) is 5.12. The third-order valence-electron chi connectivity index (χ3n) is 7.65. The van der Waals surface area contributed by atoms with Crippen LogP contribution in [0.4, 0.5) is 0 Å². The minimum absolute atomic E-state index is 0.0175. The number of aromatic hydroxyl groups is 2. The van der Waals surface area contributed by atoms with E-state index in [1.165, 1.54) is 36.4 Å². The van der Waals surface area contributed by atoms with Crippen LogP contribution in [0.25, 0.3) is 22.3 Å². The van der Waals surface area contributed by atoms with Crippen molar-refractivity contribution in [3.63, 3.8) is 0 Å². The Morgan fingerprint density at radius 2 is 1.17 bits per heavy atom. The summed E-state index contributed by atoms with van der Waals surface area (Å²) in [6, 6.07) is 9.32. The summed E-state index contributed by atoms with van der Waals surface area (Å²) < 4.78 is 39.0. The zero-order chi connectivity index (χ0) is 34.9. The van der Waals surface area contributed by atoms with Crippen LogP contribution < -0.4 is 9.47 Å². The lowest BCUT2D eigenvalue weighted by Gasteiger charge is -2.40. The Morgan fingerprint density at radius 1 is 0.667 bits per heavy atom. The predicted octanol–water partition coefficient (Wildman–Crippen LogP) is -0.709. The number of aliphatic hydroxyl groups is 6. The van der Waals surface area contributed by atoms with E-state index in [0.717, 1.165) is 19.9 Å². The van der Waals surface area contributed by atoms with E-state index in [0.29, 0.717) is 5.56 Å². The van der Waals surface area contributed by atoms with Crippen molar-refractivity contribution in [1.82, 2.24) is 0 Å². The van der Waals surface area contributed by atoms with E-state index in [4.69, 9.17) is 32.8 Å².